The predicted molar refractivity (Wildman–Crippen MR) is 79.0 cm³/mol. The second kappa shape index (κ2) is 9.01. The van der Waals surface area contributed by atoms with Crippen molar-refractivity contribution in [3.05, 3.63) is 30.3 Å². The lowest BCUT2D eigenvalue weighted by molar-refractivity contribution is 0.253. The van der Waals surface area contributed by atoms with Crippen molar-refractivity contribution in [2.24, 2.45) is 0 Å². The van der Waals surface area contributed by atoms with Gasteiger partial charge in [-0.25, -0.2) is 4.79 Å². The van der Waals surface area contributed by atoms with Gasteiger partial charge in [0, 0.05) is 5.69 Å². The standard InChI is InChI=1S/C15H21N3O/c1-3-18(4-2)13-9-8-12-16-15(19)17-14-10-6-5-7-11-14/h5-7,10-11H,3-4,12-13H2,1-2H3,(H2,16,17,19). The zero-order valence-electron chi connectivity index (χ0n) is 11.6. The van der Waals surface area contributed by atoms with Gasteiger partial charge in [-0.1, -0.05) is 43.9 Å². The average molecular weight is 259 g/mol. The maximum absolute atomic E-state index is 11.5. The van der Waals surface area contributed by atoms with E-state index < -0.39 is 0 Å². The maximum atomic E-state index is 11.5. The number of hydrogen-bond acceptors (Lipinski definition) is 2. The molecule has 1 aromatic rings. The second-order valence-corrected chi connectivity index (χ2v) is 3.99. The highest BCUT2D eigenvalue weighted by Gasteiger charge is 1.98. The van der Waals surface area contributed by atoms with Crippen molar-refractivity contribution in [1.82, 2.24) is 10.2 Å². The number of nitrogens with zero attached hydrogens (tertiary/aromatic N) is 1. The molecule has 0 bridgehead atoms. The molecule has 0 aliphatic carbocycles. The summed E-state index contributed by atoms with van der Waals surface area (Å²) < 4.78 is 0. The molecule has 0 unspecified atom stereocenters. The summed E-state index contributed by atoms with van der Waals surface area (Å²) in [7, 11) is 0. The molecular weight excluding hydrogens is 238 g/mol. The van der Waals surface area contributed by atoms with E-state index in [-0.39, 0.29) is 6.03 Å². The lowest BCUT2D eigenvalue weighted by Crippen LogP contribution is -2.29. The first-order chi connectivity index (χ1) is 9.26. The third-order valence-electron chi connectivity index (χ3n) is 2.69. The molecule has 19 heavy (non-hydrogen) atoms. The van der Waals surface area contributed by atoms with Gasteiger partial charge in [-0.05, 0) is 25.2 Å². The molecule has 1 aromatic carbocycles. The van der Waals surface area contributed by atoms with Crippen LogP contribution in [0.3, 0.4) is 0 Å². The number of hydrogen-bond donors (Lipinski definition) is 2. The van der Waals surface area contributed by atoms with E-state index in [1.165, 1.54) is 0 Å². The molecule has 102 valence electrons. The van der Waals surface area contributed by atoms with E-state index in [4.69, 9.17) is 0 Å². The van der Waals surface area contributed by atoms with Crippen LogP contribution < -0.4 is 10.6 Å². The molecule has 0 saturated heterocycles. The van der Waals surface area contributed by atoms with E-state index in [0.29, 0.717) is 6.54 Å². The summed E-state index contributed by atoms with van der Waals surface area (Å²) in [5.74, 6) is 5.98. The number of nitrogens with one attached hydrogen (secondary N) is 2. The first-order valence-electron chi connectivity index (χ1n) is 6.54. The van der Waals surface area contributed by atoms with E-state index in [1.54, 1.807) is 0 Å². The Bertz CT molecular complexity index is 430. The zero-order chi connectivity index (χ0) is 13.9. The van der Waals surface area contributed by atoms with E-state index in [1.807, 2.05) is 30.3 Å². The topological polar surface area (TPSA) is 44.4 Å². The van der Waals surface area contributed by atoms with Crippen molar-refractivity contribution in [3.63, 3.8) is 0 Å². The SMILES string of the molecule is CCN(CC)CC#CCNC(=O)Nc1ccccc1. The molecule has 4 nitrogen and oxygen atoms in total. The molecule has 0 atom stereocenters. The molecule has 0 aromatic heterocycles. The van der Waals surface area contributed by atoms with Crippen LogP contribution in [0.1, 0.15) is 13.8 Å². The minimum Gasteiger partial charge on any atom is -0.327 e. The van der Waals surface area contributed by atoms with Gasteiger partial charge in [0.2, 0.25) is 0 Å². The van der Waals surface area contributed by atoms with E-state index in [9.17, 15) is 4.79 Å². The average Bonchev–Trinajstić information content (AvgIpc) is 2.44. The van der Waals surface area contributed by atoms with Crippen LogP contribution in [0.2, 0.25) is 0 Å². The molecule has 0 fully saturated rings. The monoisotopic (exact) mass is 259 g/mol. The Morgan fingerprint density at radius 1 is 1.16 bits per heavy atom. The summed E-state index contributed by atoms with van der Waals surface area (Å²) in [6, 6.07) is 9.10. The number of anilines is 1. The van der Waals surface area contributed by atoms with Gasteiger partial charge in [0.15, 0.2) is 0 Å². The van der Waals surface area contributed by atoms with Crippen molar-refractivity contribution in [2.75, 3.05) is 31.5 Å². The molecule has 2 N–H and O–H groups in total. The molecular formula is C15H21N3O. The van der Waals surface area contributed by atoms with Crippen molar-refractivity contribution >= 4 is 11.7 Å². The summed E-state index contributed by atoms with van der Waals surface area (Å²) in [5.41, 5.74) is 0.774. The quantitative estimate of drug-likeness (QED) is 0.796. The third-order valence-corrected chi connectivity index (χ3v) is 2.69. The van der Waals surface area contributed by atoms with Gasteiger partial charge >= 0.3 is 6.03 Å². The van der Waals surface area contributed by atoms with Crippen LogP contribution in [0.4, 0.5) is 10.5 Å². The normalized spacial score (nSPS) is 9.63. The Kier molecular flexibility index (Phi) is 7.14. The number of benzene rings is 1. The highest BCUT2D eigenvalue weighted by Crippen LogP contribution is 2.03. The number of amides is 2. The Morgan fingerprint density at radius 2 is 1.84 bits per heavy atom. The second-order valence-electron chi connectivity index (χ2n) is 3.99. The molecule has 0 aliphatic heterocycles. The Hall–Kier alpha value is -1.99. The molecule has 1 rings (SSSR count). The summed E-state index contributed by atoms with van der Waals surface area (Å²) in [6.07, 6.45) is 0. The molecule has 0 radical (unpaired) electrons. The molecule has 0 spiro atoms. The minimum absolute atomic E-state index is 0.233. The van der Waals surface area contributed by atoms with Crippen LogP contribution in [-0.2, 0) is 0 Å². The van der Waals surface area contributed by atoms with Gasteiger partial charge < -0.3 is 10.6 Å². The Labute approximate surface area is 115 Å². The first kappa shape index (κ1) is 15.1. The number of carbonyl (C=O) groups is 1. The van der Waals surface area contributed by atoms with Crippen LogP contribution in [0.25, 0.3) is 0 Å². The summed E-state index contributed by atoms with van der Waals surface area (Å²) in [6.45, 7) is 7.31. The molecule has 0 aliphatic rings. The van der Waals surface area contributed by atoms with Crippen LogP contribution >= 0.6 is 0 Å². The minimum atomic E-state index is -0.233. The van der Waals surface area contributed by atoms with E-state index >= 15 is 0 Å². The Balaban J connectivity index is 2.22. The summed E-state index contributed by atoms with van der Waals surface area (Å²) >= 11 is 0. The van der Waals surface area contributed by atoms with Crippen molar-refractivity contribution < 1.29 is 4.79 Å². The van der Waals surface area contributed by atoms with Gasteiger partial charge in [0.25, 0.3) is 0 Å². The molecule has 0 heterocycles. The highest BCUT2D eigenvalue weighted by atomic mass is 16.2. The first-order valence-corrected chi connectivity index (χ1v) is 6.54. The number of carbonyl (C=O) groups excluding carboxylic acids is 1. The number of para-hydroxylation sites is 1. The van der Waals surface area contributed by atoms with Crippen molar-refractivity contribution in [1.29, 1.82) is 0 Å². The lowest BCUT2D eigenvalue weighted by atomic mass is 10.3. The van der Waals surface area contributed by atoms with Crippen molar-refractivity contribution in [2.45, 2.75) is 13.8 Å². The Morgan fingerprint density at radius 3 is 2.47 bits per heavy atom. The summed E-state index contributed by atoms with van der Waals surface area (Å²) in [4.78, 5) is 13.7. The van der Waals surface area contributed by atoms with Gasteiger partial charge in [0.1, 0.15) is 0 Å². The van der Waals surface area contributed by atoms with Crippen molar-refractivity contribution in [3.8, 4) is 11.8 Å². The van der Waals surface area contributed by atoms with Crippen LogP contribution in [0.15, 0.2) is 30.3 Å². The van der Waals surface area contributed by atoms with E-state index in [0.717, 1.165) is 25.3 Å². The fourth-order valence-electron chi connectivity index (χ4n) is 1.50. The molecule has 4 heteroatoms. The van der Waals surface area contributed by atoms with E-state index in [2.05, 4.69) is 41.2 Å². The number of rotatable bonds is 5. The van der Waals surface area contributed by atoms with Gasteiger partial charge in [-0.15, -0.1) is 0 Å². The van der Waals surface area contributed by atoms with Crippen LogP contribution in [0.5, 0.6) is 0 Å². The lowest BCUT2D eigenvalue weighted by Gasteiger charge is -2.13. The van der Waals surface area contributed by atoms with Gasteiger partial charge in [-0.2, -0.15) is 0 Å². The smallest absolute Gasteiger partial charge is 0.319 e. The fourth-order valence-corrected chi connectivity index (χ4v) is 1.50. The third kappa shape index (κ3) is 6.49. The largest absolute Gasteiger partial charge is 0.327 e. The fraction of sp³-hybridized carbons (Fsp3) is 0.400. The van der Waals surface area contributed by atoms with Crippen LogP contribution in [0, 0.1) is 11.8 Å². The molecule has 2 amide bonds. The zero-order valence-corrected chi connectivity index (χ0v) is 11.6. The van der Waals surface area contributed by atoms with Crippen LogP contribution in [-0.4, -0.2) is 37.1 Å². The number of urea groups is 1. The molecule has 0 saturated carbocycles. The van der Waals surface area contributed by atoms with Gasteiger partial charge in [0.05, 0.1) is 13.1 Å². The van der Waals surface area contributed by atoms with Gasteiger partial charge in [-0.3, -0.25) is 4.90 Å². The maximum Gasteiger partial charge on any atom is 0.319 e. The summed E-state index contributed by atoms with van der Waals surface area (Å²) in [5, 5.41) is 5.43. The predicted octanol–water partition coefficient (Wildman–Crippen LogP) is 2.15. The highest BCUT2D eigenvalue weighted by molar-refractivity contribution is 5.89.